The van der Waals surface area contributed by atoms with Crippen molar-refractivity contribution < 1.29 is 14.4 Å². The molecule has 4 amide bonds. The van der Waals surface area contributed by atoms with Crippen molar-refractivity contribution in [2.75, 3.05) is 20.1 Å². The fraction of sp³-hybridized carbons (Fsp3) is 0.812. The Morgan fingerprint density at radius 2 is 1.96 bits per heavy atom. The van der Waals surface area contributed by atoms with Crippen LogP contribution >= 0.6 is 0 Å². The van der Waals surface area contributed by atoms with Crippen LogP contribution < -0.4 is 11.1 Å². The molecule has 1 aliphatic carbocycles. The number of nitrogens with zero attached hydrogens (tertiary/aromatic N) is 2. The van der Waals surface area contributed by atoms with E-state index in [1.165, 1.54) is 0 Å². The lowest BCUT2D eigenvalue weighted by molar-refractivity contribution is -0.142. The molecule has 0 aromatic heterocycles. The van der Waals surface area contributed by atoms with Gasteiger partial charge in [-0.05, 0) is 31.7 Å². The molecule has 2 rings (SSSR count). The predicted molar refractivity (Wildman–Crippen MR) is 86.5 cm³/mol. The van der Waals surface area contributed by atoms with Crippen molar-refractivity contribution >= 4 is 17.8 Å². The Morgan fingerprint density at radius 1 is 1.39 bits per heavy atom. The van der Waals surface area contributed by atoms with Gasteiger partial charge >= 0.3 is 6.03 Å². The summed E-state index contributed by atoms with van der Waals surface area (Å²) in [6.07, 6.45) is 3.16. The van der Waals surface area contributed by atoms with Crippen molar-refractivity contribution in [3.63, 3.8) is 0 Å². The third-order valence-corrected chi connectivity index (χ3v) is 4.99. The van der Waals surface area contributed by atoms with Crippen molar-refractivity contribution in [3.05, 3.63) is 0 Å². The molecule has 0 aromatic carbocycles. The van der Waals surface area contributed by atoms with Crippen molar-refractivity contribution in [1.82, 2.24) is 15.1 Å². The van der Waals surface area contributed by atoms with Crippen molar-refractivity contribution in [1.29, 1.82) is 0 Å². The van der Waals surface area contributed by atoms with Gasteiger partial charge in [-0.25, -0.2) is 9.69 Å². The molecule has 1 atom stereocenters. The summed E-state index contributed by atoms with van der Waals surface area (Å²) in [6.45, 7) is 6.48. The fourth-order valence-corrected chi connectivity index (χ4v) is 3.52. The third kappa shape index (κ3) is 3.20. The Kier molecular flexibility index (Phi) is 4.71. The summed E-state index contributed by atoms with van der Waals surface area (Å²) in [5, 5.41) is 2.81. The van der Waals surface area contributed by atoms with Gasteiger partial charge in [0.05, 0.1) is 0 Å². The first kappa shape index (κ1) is 17.7. The first-order valence-corrected chi connectivity index (χ1v) is 8.24. The molecule has 1 heterocycles. The van der Waals surface area contributed by atoms with E-state index in [2.05, 4.69) is 5.32 Å². The summed E-state index contributed by atoms with van der Waals surface area (Å²) in [6, 6.07) is -1.26. The van der Waals surface area contributed by atoms with Crippen LogP contribution in [0.3, 0.4) is 0 Å². The second kappa shape index (κ2) is 6.11. The zero-order valence-electron chi connectivity index (χ0n) is 14.5. The molecule has 1 saturated carbocycles. The van der Waals surface area contributed by atoms with E-state index in [1.54, 1.807) is 18.9 Å². The molecular weight excluding hydrogens is 296 g/mol. The highest BCUT2D eigenvalue weighted by Crippen LogP contribution is 2.35. The number of rotatable bonds is 5. The summed E-state index contributed by atoms with van der Waals surface area (Å²) in [4.78, 5) is 40.2. The molecular formula is C16H28N4O3. The van der Waals surface area contributed by atoms with E-state index in [-0.39, 0.29) is 17.2 Å². The van der Waals surface area contributed by atoms with Gasteiger partial charge in [0.25, 0.3) is 5.91 Å². The maximum atomic E-state index is 12.7. The van der Waals surface area contributed by atoms with Crippen LogP contribution in [0.25, 0.3) is 0 Å². The number of carbonyl (C=O) groups is 3. The van der Waals surface area contributed by atoms with Crippen LogP contribution in [0.1, 0.15) is 46.5 Å². The van der Waals surface area contributed by atoms with Crippen LogP contribution in [0.4, 0.5) is 4.79 Å². The van der Waals surface area contributed by atoms with Crippen LogP contribution in [0, 0.1) is 5.41 Å². The zero-order valence-corrected chi connectivity index (χ0v) is 14.5. The minimum atomic E-state index is -0.805. The molecule has 0 bridgehead atoms. The van der Waals surface area contributed by atoms with E-state index in [0.29, 0.717) is 25.9 Å². The average Bonchev–Trinajstić information content (AvgIpc) is 3.04. The number of urea groups is 1. The van der Waals surface area contributed by atoms with Gasteiger partial charge in [0, 0.05) is 13.6 Å². The largest absolute Gasteiger partial charge is 0.343 e. The number of imide groups is 1. The van der Waals surface area contributed by atoms with E-state index >= 15 is 0 Å². The first-order chi connectivity index (χ1) is 10.6. The number of hydrogen-bond acceptors (Lipinski definition) is 4. The topological polar surface area (TPSA) is 95.7 Å². The summed E-state index contributed by atoms with van der Waals surface area (Å²) >= 11 is 0. The highest BCUT2D eigenvalue weighted by Gasteiger charge is 2.54. The van der Waals surface area contributed by atoms with Crippen LogP contribution in [-0.2, 0) is 9.59 Å². The first-order valence-electron chi connectivity index (χ1n) is 8.24. The normalized spacial score (nSPS) is 21.7. The molecule has 1 unspecified atom stereocenters. The van der Waals surface area contributed by atoms with Crippen LogP contribution in [0.15, 0.2) is 0 Å². The molecule has 1 saturated heterocycles. The second-order valence-electron chi connectivity index (χ2n) is 7.63. The van der Waals surface area contributed by atoms with Gasteiger partial charge in [0.1, 0.15) is 11.6 Å². The lowest BCUT2D eigenvalue weighted by Gasteiger charge is -2.32. The maximum absolute atomic E-state index is 12.7. The number of likely N-dealkylation sites (N-methyl/N-ethyl adjacent to an activating group) is 1. The predicted octanol–water partition coefficient (Wildman–Crippen LogP) is 0.683. The number of nitrogens with one attached hydrogen (secondary N) is 1. The number of hydrogen-bond donors (Lipinski definition) is 2. The highest BCUT2D eigenvalue weighted by molar-refractivity contribution is 6.09. The summed E-state index contributed by atoms with van der Waals surface area (Å²) in [7, 11) is 1.68. The van der Waals surface area contributed by atoms with Gasteiger partial charge < -0.3 is 16.0 Å². The maximum Gasteiger partial charge on any atom is 0.325 e. The molecule has 1 spiro atoms. The second-order valence-corrected chi connectivity index (χ2v) is 7.63. The molecule has 1 aliphatic heterocycles. The lowest BCUT2D eigenvalue weighted by Crippen LogP contribution is -2.52. The minimum absolute atomic E-state index is 0.214. The number of nitrogens with two attached hydrogens (primary N) is 1. The molecule has 0 radical (unpaired) electrons. The van der Waals surface area contributed by atoms with Crippen LogP contribution in [0.5, 0.6) is 0 Å². The molecule has 2 fully saturated rings. The Morgan fingerprint density at radius 3 is 2.48 bits per heavy atom. The smallest absolute Gasteiger partial charge is 0.325 e. The lowest BCUT2D eigenvalue weighted by atomic mass is 9.93. The Labute approximate surface area is 137 Å². The van der Waals surface area contributed by atoms with Gasteiger partial charge in [-0.1, -0.05) is 26.7 Å². The van der Waals surface area contributed by atoms with Gasteiger partial charge in [-0.2, -0.15) is 0 Å². The summed E-state index contributed by atoms with van der Waals surface area (Å²) in [5.41, 5.74) is 4.72. The Balaban J connectivity index is 2.10. The highest BCUT2D eigenvalue weighted by atomic mass is 16.2. The van der Waals surface area contributed by atoms with Crippen molar-refractivity contribution in [2.24, 2.45) is 11.1 Å². The van der Waals surface area contributed by atoms with E-state index < -0.39 is 17.6 Å². The molecule has 0 aromatic rings. The van der Waals surface area contributed by atoms with Crippen molar-refractivity contribution in [3.8, 4) is 0 Å². The molecule has 2 aliphatic rings. The SMILES string of the molecule is CC(C(=O)N(C)CC(C)(C)CN)N1C(=O)NC2(CCCC2)C1=O. The fourth-order valence-electron chi connectivity index (χ4n) is 3.52. The average molecular weight is 324 g/mol. The summed E-state index contributed by atoms with van der Waals surface area (Å²) < 4.78 is 0. The van der Waals surface area contributed by atoms with Gasteiger partial charge in [0.2, 0.25) is 5.91 Å². The summed E-state index contributed by atoms with van der Waals surface area (Å²) in [5.74, 6) is -0.502. The minimum Gasteiger partial charge on any atom is -0.343 e. The third-order valence-electron chi connectivity index (χ3n) is 4.99. The Bertz CT molecular complexity index is 511. The zero-order chi connectivity index (χ0) is 17.4. The Hall–Kier alpha value is -1.63. The standard InChI is InChI=1S/C16H28N4O3/c1-11(12(21)19(4)10-15(2,3)9-17)20-13(22)16(18-14(20)23)7-5-6-8-16/h11H,5-10,17H2,1-4H3,(H,18,23). The monoisotopic (exact) mass is 324 g/mol. The van der Waals surface area contributed by atoms with Crippen molar-refractivity contribution in [2.45, 2.75) is 58.0 Å². The van der Waals surface area contributed by atoms with E-state index in [1.807, 2.05) is 13.8 Å². The van der Waals surface area contributed by atoms with E-state index in [4.69, 9.17) is 5.73 Å². The molecule has 7 heteroatoms. The van der Waals surface area contributed by atoms with E-state index in [9.17, 15) is 14.4 Å². The van der Waals surface area contributed by atoms with Crippen LogP contribution in [-0.4, -0.2) is 59.4 Å². The van der Waals surface area contributed by atoms with Gasteiger partial charge in [-0.15, -0.1) is 0 Å². The number of carbonyl (C=O) groups excluding carboxylic acids is 3. The molecule has 3 N–H and O–H groups in total. The number of amides is 4. The molecule has 23 heavy (non-hydrogen) atoms. The van der Waals surface area contributed by atoms with E-state index in [0.717, 1.165) is 17.7 Å². The quantitative estimate of drug-likeness (QED) is 0.727. The molecule has 130 valence electrons. The van der Waals surface area contributed by atoms with Crippen LogP contribution in [0.2, 0.25) is 0 Å². The van der Waals surface area contributed by atoms with Gasteiger partial charge in [-0.3, -0.25) is 9.59 Å². The molecule has 7 nitrogen and oxygen atoms in total. The van der Waals surface area contributed by atoms with Gasteiger partial charge in [0.15, 0.2) is 0 Å².